The number of hydrogen-bond donors (Lipinski definition) is 0. The molecule has 1 saturated carbocycles. The second kappa shape index (κ2) is 4.86. The van der Waals surface area contributed by atoms with Crippen LogP contribution in [0, 0.1) is 17.2 Å². The van der Waals surface area contributed by atoms with Crippen LogP contribution >= 0.6 is 0 Å². The zero-order chi connectivity index (χ0) is 9.68. The fraction of sp³-hybridized carbons (Fsp3) is 0.800. The van der Waals surface area contributed by atoms with Gasteiger partial charge in [0.2, 0.25) is 5.91 Å². The van der Waals surface area contributed by atoms with E-state index in [1.165, 1.54) is 6.42 Å². The number of rotatable bonds is 4. The van der Waals surface area contributed by atoms with Gasteiger partial charge in [0.15, 0.2) is 0 Å². The number of carbonyl (C=O) groups is 1. The van der Waals surface area contributed by atoms with Crippen LogP contribution < -0.4 is 0 Å². The number of nitrogens with zero attached hydrogens (tertiary/aromatic N) is 2. The van der Waals surface area contributed by atoms with Gasteiger partial charge in [0.05, 0.1) is 12.5 Å². The minimum absolute atomic E-state index is 0.254. The Bertz CT molecular complexity index is 215. The topological polar surface area (TPSA) is 44.1 Å². The van der Waals surface area contributed by atoms with Gasteiger partial charge in [-0.15, -0.1) is 0 Å². The Morgan fingerprint density at radius 2 is 2.31 bits per heavy atom. The fourth-order valence-corrected chi connectivity index (χ4v) is 1.52. The zero-order valence-corrected chi connectivity index (χ0v) is 8.12. The van der Waals surface area contributed by atoms with E-state index in [1.807, 2.05) is 6.92 Å². The third-order valence-electron chi connectivity index (χ3n) is 2.64. The molecule has 0 saturated heterocycles. The van der Waals surface area contributed by atoms with E-state index in [2.05, 4.69) is 6.07 Å². The predicted octanol–water partition coefficient (Wildman–Crippen LogP) is 1.55. The van der Waals surface area contributed by atoms with Gasteiger partial charge in [-0.2, -0.15) is 5.26 Å². The van der Waals surface area contributed by atoms with Crippen LogP contribution in [0.5, 0.6) is 0 Å². The van der Waals surface area contributed by atoms with Gasteiger partial charge in [0.1, 0.15) is 0 Å². The monoisotopic (exact) mass is 180 g/mol. The number of hydrogen-bond acceptors (Lipinski definition) is 2. The Hall–Kier alpha value is -1.04. The smallest absolute Gasteiger partial charge is 0.225 e. The molecule has 0 radical (unpaired) electrons. The molecule has 0 aromatic rings. The fourth-order valence-electron chi connectivity index (χ4n) is 1.52. The Kier molecular flexibility index (Phi) is 3.75. The largest absolute Gasteiger partial charge is 0.342 e. The molecule has 3 nitrogen and oxygen atoms in total. The Morgan fingerprint density at radius 1 is 1.62 bits per heavy atom. The van der Waals surface area contributed by atoms with Gasteiger partial charge in [-0.1, -0.05) is 6.42 Å². The van der Waals surface area contributed by atoms with E-state index in [0.29, 0.717) is 13.0 Å². The van der Waals surface area contributed by atoms with Gasteiger partial charge in [0.25, 0.3) is 0 Å². The van der Waals surface area contributed by atoms with Crippen molar-refractivity contribution in [2.24, 2.45) is 5.92 Å². The van der Waals surface area contributed by atoms with E-state index in [0.717, 1.165) is 19.4 Å². The summed E-state index contributed by atoms with van der Waals surface area (Å²) >= 11 is 0. The van der Waals surface area contributed by atoms with E-state index >= 15 is 0 Å². The van der Waals surface area contributed by atoms with Gasteiger partial charge in [-0.25, -0.2) is 0 Å². The van der Waals surface area contributed by atoms with Crippen molar-refractivity contribution in [2.45, 2.75) is 32.6 Å². The third kappa shape index (κ3) is 2.45. The summed E-state index contributed by atoms with van der Waals surface area (Å²) in [5, 5.41) is 8.41. The van der Waals surface area contributed by atoms with Crippen LogP contribution in [0.25, 0.3) is 0 Å². The van der Waals surface area contributed by atoms with Crippen LogP contribution in [-0.2, 0) is 4.79 Å². The molecule has 0 aromatic heterocycles. The minimum atomic E-state index is 0.254. The highest BCUT2D eigenvalue weighted by molar-refractivity contribution is 5.79. The van der Waals surface area contributed by atoms with Gasteiger partial charge >= 0.3 is 0 Å². The maximum atomic E-state index is 11.7. The lowest BCUT2D eigenvalue weighted by Gasteiger charge is -2.30. The molecule has 13 heavy (non-hydrogen) atoms. The van der Waals surface area contributed by atoms with Crippen molar-refractivity contribution in [3.8, 4) is 6.07 Å². The van der Waals surface area contributed by atoms with E-state index in [-0.39, 0.29) is 11.8 Å². The zero-order valence-electron chi connectivity index (χ0n) is 8.12. The molecule has 1 fully saturated rings. The van der Waals surface area contributed by atoms with E-state index in [4.69, 9.17) is 5.26 Å². The summed E-state index contributed by atoms with van der Waals surface area (Å²) in [7, 11) is 0. The molecule has 0 N–H and O–H groups in total. The van der Waals surface area contributed by atoms with E-state index < -0.39 is 0 Å². The molecule has 1 aliphatic rings. The molecule has 0 atom stereocenters. The van der Waals surface area contributed by atoms with Crippen LogP contribution in [0.4, 0.5) is 0 Å². The average Bonchev–Trinajstić information content (AvgIpc) is 2.02. The molecule has 1 rings (SSSR count). The third-order valence-corrected chi connectivity index (χ3v) is 2.64. The summed E-state index contributed by atoms with van der Waals surface area (Å²) in [6.45, 7) is 3.30. The highest BCUT2D eigenvalue weighted by Gasteiger charge is 2.28. The summed E-state index contributed by atoms with van der Waals surface area (Å²) in [6.07, 6.45) is 3.72. The second-order valence-electron chi connectivity index (χ2n) is 3.45. The van der Waals surface area contributed by atoms with Crippen molar-refractivity contribution in [1.82, 2.24) is 4.90 Å². The van der Waals surface area contributed by atoms with E-state index in [1.54, 1.807) is 4.90 Å². The molecular formula is C10H16N2O. The molecule has 1 aliphatic carbocycles. The standard InChI is InChI=1S/C10H16N2O/c1-2-12(8-4-7-11)10(13)9-5-3-6-9/h9H,2-6,8H2,1H3. The van der Waals surface area contributed by atoms with Gasteiger partial charge in [0, 0.05) is 19.0 Å². The molecule has 1 amide bonds. The van der Waals surface area contributed by atoms with Crippen molar-refractivity contribution in [1.29, 1.82) is 5.26 Å². The molecule has 72 valence electrons. The number of nitriles is 1. The maximum absolute atomic E-state index is 11.7. The number of carbonyl (C=O) groups excluding carboxylic acids is 1. The van der Waals surface area contributed by atoms with Crippen molar-refractivity contribution in [3.05, 3.63) is 0 Å². The normalized spacial score (nSPS) is 16.0. The van der Waals surface area contributed by atoms with Crippen LogP contribution in [-0.4, -0.2) is 23.9 Å². The first kappa shape index (κ1) is 10.0. The van der Waals surface area contributed by atoms with Crippen LogP contribution in [0.15, 0.2) is 0 Å². The first-order valence-electron chi connectivity index (χ1n) is 4.95. The number of amides is 1. The molecular weight excluding hydrogens is 164 g/mol. The van der Waals surface area contributed by atoms with Gasteiger partial charge in [-0.05, 0) is 19.8 Å². The lowest BCUT2D eigenvalue weighted by atomic mass is 9.84. The highest BCUT2D eigenvalue weighted by atomic mass is 16.2. The van der Waals surface area contributed by atoms with Crippen molar-refractivity contribution < 1.29 is 4.79 Å². The first-order chi connectivity index (χ1) is 6.29. The van der Waals surface area contributed by atoms with E-state index in [9.17, 15) is 4.79 Å². The molecule has 0 spiro atoms. The molecule has 0 aromatic carbocycles. The van der Waals surface area contributed by atoms with Crippen LogP contribution in [0.3, 0.4) is 0 Å². The lowest BCUT2D eigenvalue weighted by molar-refractivity contribution is -0.137. The maximum Gasteiger partial charge on any atom is 0.225 e. The van der Waals surface area contributed by atoms with Gasteiger partial charge < -0.3 is 4.90 Å². The first-order valence-corrected chi connectivity index (χ1v) is 4.95. The summed E-state index contributed by atoms with van der Waals surface area (Å²) in [4.78, 5) is 13.5. The van der Waals surface area contributed by atoms with Crippen LogP contribution in [0.1, 0.15) is 32.6 Å². The summed E-state index contributed by atoms with van der Waals surface area (Å²) in [5.74, 6) is 0.516. The quantitative estimate of drug-likeness (QED) is 0.658. The Balaban J connectivity index is 2.36. The Morgan fingerprint density at radius 3 is 2.69 bits per heavy atom. The molecule has 0 aliphatic heterocycles. The second-order valence-corrected chi connectivity index (χ2v) is 3.45. The van der Waals surface area contributed by atoms with Crippen molar-refractivity contribution >= 4 is 5.91 Å². The molecule has 0 heterocycles. The lowest BCUT2D eigenvalue weighted by Crippen LogP contribution is -2.39. The van der Waals surface area contributed by atoms with Crippen molar-refractivity contribution in [3.63, 3.8) is 0 Å². The van der Waals surface area contributed by atoms with Gasteiger partial charge in [-0.3, -0.25) is 4.79 Å². The predicted molar refractivity (Wildman–Crippen MR) is 49.8 cm³/mol. The van der Waals surface area contributed by atoms with Crippen LogP contribution in [0.2, 0.25) is 0 Å². The summed E-state index contributed by atoms with van der Waals surface area (Å²) < 4.78 is 0. The SMILES string of the molecule is CCN(CCC#N)C(=O)C1CCC1. The average molecular weight is 180 g/mol. The summed E-state index contributed by atoms with van der Waals surface area (Å²) in [5.41, 5.74) is 0. The summed E-state index contributed by atoms with van der Waals surface area (Å²) in [6, 6.07) is 2.07. The van der Waals surface area contributed by atoms with Crippen molar-refractivity contribution in [2.75, 3.05) is 13.1 Å². The molecule has 0 unspecified atom stereocenters. The Labute approximate surface area is 79.3 Å². The molecule has 3 heteroatoms. The minimum Gasteiger partial charge on any atom is -0.342 e. The highest BCUT2D eigenvalue weighted by Crippen LogP contribution is 2.28. The molecule has 0 bridgehead atoms.